The molecule has 0 aromatic carbocycles. The Kier molecular flexibility index (Phi) is 3.96. The molecule has 6 heteroatoms. The summed E-state index contributed by atoms with van der Waals surface area (Å²) in [5.41, 5.74) is -0.285. The van der Waals surface area contributed by atoms with Gasteiger partial charge in [0.25, 0.3) is 0 Å². The lowest BCUT2D eigenvalue weighted by molar-refractivity contribution is 0.463. The first-order valence-electron chi connectivity index (χ1n) is 4.81. The molecular formula is C10H15BrN2O2S. The molecule has 0 fully saturated rings. The van der Waals surface area contributed by atoms with Crippen LogP contribution in [0.2, 0.25) is 0 Å². The molecule has 0 aliphatic carbocycles. The van der Waals surface area contributed by atoms with Crippen molar-refractivity contribution in [3.63, 3.8) is 0 Å². The van der Waals surface area contributed by atoms with Crippen LogP contribution in [0.25, 0.3) is 0 Å². The van der Waals surface area contributed by atoms with E-state index >= 15 is 0 Å². The van der Waals surface area contributed by atoms with Gasteiger partial charge in [-0.1, -0.05) is 20.8 Å². The van der Waals surface area contributed by atoms with Crippen molar-refractivity contribution in [2.75, 3.05) is 10.5 Å². The van der Waals surface area contributed by atoms with Crippen molar-refractivity contribution in [3.05, 3.63) is 22.8 Å². The van der Waals surface area contributed by atoms with E-state index in [1.807, 2.05) is 20.8 Å². The molecule has 90 valence electrons. The molecule has 0 aliphatic heterocycles. The molecule has 0 atom stereocenters. The third-order valence-corrected chi connectivity index (χ3v) is 4.02. The highest BCUT2D eigenvalue weighted by molar-refractivity contribution is 9.10. The molecule has 0 bridgehead atoms. The van der Waals surface area contributed by atoms with E-state index in [-0.39, 0.29) is 11.2 Å². The van der Waals surface area contributed by atoms with Crippen LogP contribution >= 0.6 is 15.9 Å². The molecule has 16 heavy (non-hydrogen) atoms. The van der Waals surface area contributed by atoms with Crippen LogP contribution < -0.4 is 4.72 Å². The second kappa shape index (κ2) is 4.71. The highest BCUT2D eigenvalue weighted by Crippen LogP contribution is 2.22. The third-order valence-electron chi connectivity index (χ3n) is 1.63. The summed E-state index contributed by atoms with van der Waals surface area (Å²) >= 11 is 3.24. The Hall–Kier alpha value is -0.620. The Morgan fingerprint density at radius 2 is 2.06 bits per heavy atom. The van der Waals surface area contributed by atoms with Crippen molar-refractivity contribution >= 4 is 31.8 Å². The minimum atomic E-state index is -3.36. The van der Waals surface area contributed by atoms with Crippen molar-refractivity contribution in [1.82, 2.24) is 4.98 Å². The van der Waals surface area contributed by atoms with Gasteiger partial charge in [-0.05, 0) is 33.5 Å². The Bertz CT molecular complexity index is 466. The van der Waals surface area contributed by atoms with Gasteiger partial charge in [-0.3, -0.25) is 4.72 Å². The summed E-state index contributed by atoms with van der Waals surface area (Å²) in [5, 5.41) is 0. The van der Waals surface area contributed by atoms with Crippen LogP contribution in [0.4, 0.5) is 5.82 Å². The normalized spacial score (nSPS) is 12.5. The molecule has 0 aliphatic rings. The van der Waals surface area contributed by atoms with Gasteiger partial charge in [0.05, 0.1) is 10.2 Å². The van der Waals surface area contributed by atoms with E-state index in [0.717, 1.165) is 0 Å². The first-order chi connectivity index (χ1) is 7.20. The Balaban J connectivity index is 2.86. The van der Waals surface area contributed by atoms with E-state index in [4.69, 9.17) is 0 Å². The predicted octanol–water partition coefficient (Wildman–Crippen LogP) is 2.63. The van der Waals surface area contributed by atoms with Crippen molar-refractivity contribution in [3.8, 4) is 0 Å². The zero-order chi connectivity index (χ0) is 12.4. The van der Waals surface area contributed by atoms with Gasteiger partial charge in [0.15, 0.2) is 5.82 Å². The summed E-state index contributed by atoms with van der Waals surface area (Å²) in [4.78, 5) is 3.96. The van der Waals surface area contributed by atoms with Crippen molar-refractivity contribution in [2.24, 2.45) is 5.41 Å². The number of aromatic nitrogens is 1. The van der Waals surface area contributed by atoms with Gasteiger partial charge in [-0.15, -0.1) is 0 Å². The van der Waals surface area contributed by atoms with Gasteiger partial charge in [0.2, 0.25) is 10.0 Å². The maximum absolute atomic E-state index is 11.8. The number of hydrogen-bond donors (Lipinski definition) is 1. The fraction of sp³-hybridized carbons (Fsp3) is 0.500. The number of hydrogen-bond acceptors (Lipinski definition) is 3. The van der Waals surface area contributed by atoms with Gasteiger partial charge in [-0.25, -0.2) is 13.4 Å². The molecule has 0 saturated carbocycles. The second-order valence-electron chi connectivity index (χ2n) is 4.76. The summed E-state index contributed by atoms with van der Waals surface area (Å²) in [5.74, 6) is 0.384. The van der Waals surface area contributed by atoms with Crippen LogP contribution in [0.3, 0.4) is 0 Å². The number of nitrogens with zero attached hydrogens (tertiary/aromatic N) is 1. The van der Waals surface area contributed by atoms with Crippen LogP contribution in [0.1, 0.15) is 20.8 Å². The zero-order valence-electron chi connectivity index (χ0n) is 9.49. The van der Waals surface area contributed by atoms with Crippen molar-refractivity contribution in [2.45, 2.75) is 20.8 Å². The number of sulfonamides is 1. The molecule has 1 N–H and O–H groups in total. The quantitative estimate of drug-likeness (QED) is 0.934. The maximum Gasteiger partial charge on any atom is 0.234 e. The lowest BCUT2D eigenvalue weighted by atomic mass is 10.0. The molecule has 0 radical (unpaired) electrons. The number of nitrogens with one attached hydrogen (secondary N) is 1. The molecule has 1 heterocycles. The lowest BCUT2D eigenvalue weighted by Crippen LogP contribution is -2.26. The van der Waals surface area contributed by atoms with Crippen LogP contribution in [0.5, 0.6) is 0 Å². The highest BCUT2D eigenvalue weighted by Gasteiger charge is 2.22. The smallest absolute Gasteiger partial charge is 0.234 e. The van der Waals surface area contributed by atoms with Crippen LogP contribution in [-0.2, 0) is 10.0 Å². The number of pyridine rings is 1. The maximum atomic E-state index is 11.8. The molecule has 0 spiro atoms. The van der Waals surface area contributed by atoms with E-state index in [1.165, 1.54) is 0 Å². The first-order valence-corrected chi connectivity index (χ1v) is 7.25. The van der Waals surface area contributed by atoms with E-state index in [0.29, 0.717) is 10.3 Å². The monoisotopic (exact) mass is 306 g/mol. The van der Waals surface area contributed by atoms with Crippen molar-refractivity contribution in [1.29, 1.82) is 0 Å². The van der Waals surface area contributed by atoms with E-state index in [9.17, 15) is 8.42 Å². The summed E-state index contributed by atoms with van der Waals surface area (Å²) in [6, 6.07) is 3.47. The van der Waals surface area contributed by atoms with E-state index in [2.05, 4.69) is 25.6 Å². The average molecular weight is 307 g/mol. The Labute approximate surface area is 105 Å². The van der Waals surface area contributed by atoms with Gasteiger partial charge >= 0.3 is 0 Å². The minimum absolute atomic E-state index is 0.0585. The second-order valence-corrected chi connectivity index (χ2v) is 7.33. The molecular weight excluding hydrogens is 292 g/mol. The first kappa shape index (κ1) is 13.4. The third kappa shape index (κ3) is 4.49. The molecule has 1 aromatic rings. The standard InChI is InChI=1S/C10H15BrN2O2S/c1-10(2,3)7-16(14,15)13-9-8(11)5-4-6-12-9/h4-6H,7H2,1-3H3,(H,12,13). The Morgan fingerprint density at radius 1 is 1.44 bits per heavy atom. The van der Waals surface area contributed by atoms with Crippen LogP contribution in [0, 0.1) is 5.41 Å². The van der Waals surface area contributed by atoms with Gasteiger partial charge in [-0.2, -0.15) is 0 Å². The van der Waals surface area contributed by atoms with Gasteiger partial charge < -0.3 is 0 Å². The number of rotatable bonds is 3. The summed E-state index contributed by atoms with van der Waals surface area (Å²) in [7, 11) is -3.36. The average Bonchev–Trinajstić information content (AvgIpc) is 2.04. The molecule has 0 amide bonds. The van der Waals surface area contributed by atoms with Gasteiger partial charge in [0, 0.05) is 6.20 Å². The molecule has 1 aromatic heterocycles. The van der Waals surface area contributed by atoms with Crippen molar-refractivity contribution < 1.29 is 8.42 Å². The SMILES string of the molecule is CC(C)(C)CS(=O)(=O)Nc1ncccc1Br. The fourth-order valence-electron chi connectivity index (χ4n) is 1.21. The predicted molar refractivity (Wildman–Crippen MR) is 68.8 cm³/mol. The largest absolute Gasteiger partial charge is 0.266 e. The summed E-state index contributed by atoms with van der Waals surface area (Å²) in [6.07, 6.45) is 1.54. The summed E-state index contributed by atoms with van der Waals surface area (Å²) in [6.45, 7) is 5.62. The highest BCUT2D eigenvalue weighted by atomic mass is 79.9. The molecule has 0 unspecified atom stereocenters. The molecule has 1 rings (SSSR count). The van der Waals surface area contributed by atoms with Gasteiger partial charge in [0.1, 0.15) is 0 Å². The summed E-state index contributed by atoms with van der Waals surface area (Å²) < 4.78 is 26.7. The van der Waals surface area contributed by atoms with E-state index < -0.39 is 10.0 Å². The Morgan fingerprint density at radius 3 is 2.56 bits per heavy atom. The van der Waals surface area contributed by atoms with E-state index in [1.54, 1.807) is 18.3 Å². The zero-order valence-corrected chi connectivity index (χ0v) is 11.9. The number of anilines is 1. The molecule has 0 saturated heterocycles. The number of halogens is 1. The van der Waals surface area contributed by atoms with Crippen LogP contribution in [0.15, 0.2) is 22.8 Å². The van der Waals surface area contributed by atoms with Crippen LogP contribution in [-0.4, -0.2) is 19.2 Å². The fourth-order valence-corrected chi connectivity index (χ4v) is 3.37. The topological polar surface area (TPSA) is 59.1 Å². The minimum Gasteiger partial charge on any atom is -0.266 e. The molecule has 4 nitrogen and oxygen atoms in total. The lowest BCUT2D eigenvalue weighted by Gasteiger charge is -2.18.